The summed E-state index contributed by atoms with van der Waals surface area (Å²) >= 11 is 5.84. The Morgan fingerprint density at radius 1 is 0.947 bits per heavy atom. The Morgan fingerprint density at radius 2 is 1.63 bits per heavy atom. The third-order valence-corrected chi connectivity index (χ3v) is 3.37. The average molecular weight is 270 g/mol. The molecule has 3 heteroatoms. The first-order chi connectivity index (χ1) is 9.24. The van der Waals surface area contributed by atoms with Crippen molar-refractivity contribution in [2.24, 2.45) is 0 Å². The van der Waals surface area contributed by atoms with Crippen LogP contribution in [0.1, 0.15) is 17.4 Å². The first kappa shape index (κ1) is 12.2. The molecule has 94 valence electrons. The Labute approximate surface area is 116 Å². The number of hydrogen-bond donors (Lipinski definition) is 1. The van der Waals surface area contributed by atoms with Gasteiger partial charge in [0.15, 0.2) is 0 Å². The molecular weight excluding hydrogens is 258 g/mol. The van der Waals surface area contributed by atoms with Gasteiger partial charge in [0.1, 0.15) is 6.10 Å². The first-order valence-electron chi connectivity index (χ1n) is 6.02. The fourth-order valence-corrected chi connectivity index (χ4v) is 2.19. The van der Waals surface area contributed by atoms with E-state index in [4.69, 9.17) is 11.6 Å². The van der Waals surface area contributed by atoms with Crippen molar-refractivity contribution < 1.29 is 5.11 Å². The van der Waals surface area contributed by atoms with Gasteiger partial charge in [-0.3, -0.25) is 4.98 Å². The predicted octanol–water partition coefficient (Wildman–Crippen LogP) is 3.97. The van der Waals surface area contributed by atoms with Gasteiger partial charge in [0.2, 0.25) is 0 Å². The van der Waals surface area contributed by atoms with Crippen LogP contribution in [0.5, 0.6) is 0 Å². The molecule has 2 nitrogen and oxygen atoms in total. The summed E-state index contributed by atoms with van der Waals surface area (Å²) in [6.45, 7) is 0. The predicted molar refractivity (Wildman–Crippen MR) is 77.3 cm³/mol. The SMILES string of the molecule is OC(c1ccc(Cl)cc1)c1cc2ccccc2cn1. The van der Waals surface area contributed by atoms with Crippen LogP contribution in [0.3, 0.4) is 0 Å². The molecule has 0 saturated carbocycles. The second-order valence-corrected chi connectivity index (χ2v) is 4.85. The number of pyridine rings is 1. The molecule has 0 aliphatic heterocycles. The van der Waals surface area contributed by atoms with E-state index in [0.29, 0.717) is 10.7 Å². The van der Waals surface area contributed by atoms with Crippen molar-refractivity contribution in [3.05, 3.63) is 77.1 Å². The van der Waals surface area contributed by atoms with Crippen molar-refractivity contribution >= 4 is 22.4 Å². The van der Waals surface area contributed by atoms with Crippen molar-refractivity contribution in [1.82, 2.24) is 4.98 Å². The van der Waals surface area contributed by atoms with Crippen LogP contribution in [0.4, 0.5) is 0 Å². The lowest BCUT2D eigenvalue weighted by molar-refractivity contribution is 0.215. The van der Waals surface area contributed by atoms with Crippen LogP contribution in [0.25, 0.3) is 10.8 Å². The minimum Gasteiger partial charge on any atom is -0.382 e. The molecule has 0 spiro atoms. The molecule has 0 amide bonds. The molecule has 19 heavy (non-hydrogen) atoms. The Bertz CT molecular complexity index is 709. The Morgan fingerprint density at radius 3 is 2.37 bits per heavy atom. The highest BCUT2D eigenvalue weighted by molar-refractivity contribution is 6.30. The number of aliphatic hydroxyl groups is 1. The van der Waals surface area contributed by atoms with Crippen LogP contribution >= 0.6 is 11.6 Å². The monoisotopic (exact) mass is 269 g/mol. The molecule has 3 aromatic rings. The first-order valence-corrected chi connectivity index (χ1v) is 6.40. The summed E-state index contributed by atoms with van der Waals surface area (Å²) in [5.74, 6) is 0. The molecule has 1 unspecified atom stereocenters. The number of fused-ring (bicyclic) bond motifs is 1. The summed E-state index contributed by atoms with van der Waals surface area (Å²) in [7, 11) is 0. The minimum absolute atomic E-state index is 0.640. The molecule has 0 saturated heterocycles. The molecule has 0 aliphatic rings. The van der Waals surface area contributed by atoms with E-state index in [1.165, 1.54) is 0 Å². The van der Waals surface area contributed by atoms with Gasteiger partial charge >= 0.3 is 0 Å². The van der Waals surface area contributed by atoms with Gasteiger partial charge in [0.25, 0.3) is 0 Å². The molecule has 0 radical (unpaired) electrons. The highest BCUT2D eigenvalue weighted by Crippen LogP contribution is 2.24. The molecule has 0 aliphatic carbocycles. The van der Waals surface area contributed by atoms with Gasteiger partial charge in [0.05, 0.1) is 5.69 Å². The fourth-order valence-electron chi connectivity index (χ4n) is 2.07. The normalized spacial score (nSPS) is 12.5. The number of aliphatic hydroxyl groups excluding tert-OH is 1. The molecule has 2 aromatic carbocycles. The Balaban J connectivity index is 2.01. The number of halogens is 1. The van der Waals surface area contributed by atoms with Crippen LogP contribution in [0.2, 0.25) is 5.02 Å². The third-order valence-electron chi connectivity index (χ3n) is 3.12. The van der Waals surface area contributed by atoms with Crippen LogP contribution in [-0.2, 0) is 0 Å². The topological polar surface area (TPSA) is 33.1 Å². The van der Waals surface area contributed by atoms with E-state index in [-0.39, 0.29) is 0 Å². The van der Waals surface area contributed by atoms with E-state index in [0.717, 1.165) is 16.3 Å². The van der Waals surface area contributed by atoms with Crippen molar-refractivity contribution in [1.29, 1.82) is 0 Å². The highest BCUT2D eigenvalue weighted by atomic mass is 35.5. The van der Waals surface area contributed by atoms with E-state index in [1.807, 2.05) is 42.5 Å². The van der Waals surface area contributed by atoms with Gasteiger partial charge in [0, 0.05) is 16.6 Å². The Kier molecular flexibility index (Phi) is 3.20. The quantitative estimate of drug-likeness (QED) is 0.764. The summed E-state index contributed by atoms with van der Waals surface area (Å²) in [4.78, 5) is 4.32. The number of rotatable bonds is 2. The highest BCUT2D eigenvalue weighted by Gasteiger charge is 2.12. The summed E-state index contributed by atoms with van der Waals surface area (Å²) in [5, 5.41) is 13.1. The Hall–Kier alpha value is -1.90. The van der Waals surface area contributed by atoms with Gasteiger partial charge in [-0.15, -0.1) is 0 Å². The molecule has 1 heterocycles. The van der Waals surface area contributed by atoms with Gasteiger partial charge < -0.3 is 5.11 Å². The zero-order valence-electron chi connectivity index (χ0n) is 10.1. The van der Waals surface area contributed by atoms with Gasteiger partial charge in [-0.25, -0.2) is 0 Å². The van der Waals surface area contributed by atoms with Crippen molar-refractivity contribution in [2.45, 2.75) is 6.10 Å². The zero-order chi connectivity index (χ0) is 13.2. The van der Waals surface area contributed by atoms with E-state index >= 15 is 0 Å². The van der Waals surface area contributed by atoms with Crippen LogP contribution in [0, 0.1) is 0 Å². The largest absolute Gasteiger partial charge is 0.382 e. The fraction of sp³-hybridized carbons (Fsp3) is 0.0625. The van der Waals surface area contributed by atoms with E-state index in [9.17, 15) is 5.11 Å². The lowest BCUT2D eigenvalue weighted by Crippen LogP contribution is -2.01. The zero-order valence-corrected chi connectivity index (χ0v) is 10.9. The second-order valence-electron chi connectivity index (χ2n) is 4.41. The van der Waals surface area contributed by atoms with Crippen molar-refractivity contribution in [3.8, 4) is 0 Å². The summed E-state index contributed by atoms with van der Waals surface area (Å²) in [6, 6.07) is 17.0. The minimum atomic E-state index is -0.734. The lowest BCUT2D eigenvalue weighted by atomic mass is 10.0. The molecule has 0 bridgehead atoms. The van der Waals surface area contributed by atoms with Crippen LogP contribution in [0.15, 0.2) is 60.8 Å². The summed E-state index contributed by atoms with van der Waals surface area (Å²) < 4.78 is 0. The molecule has 1 aromatic heterocycles. The van der Waals surface area contributed by atoms with E-state index < -0.39 is 6.10 Å². The van der Waals surface area contributed by atoms with Crippen LogP contribution < -0.4 is 0 Å². The number of aromatic nitrogens is 1. The van der Waals surface area contributed by atoms with E-state index in [1.54, 1.807) is 18.3 Å². The van der Waals surface area contributed by atoms with Crippen LogP contribution in [-0.4, -0.2) is 10.1 Å². The van der Waals surface area contributed by atoms with Gasteiger partial charge in [-0.2, -0.15) is 0 Å². The van der Waals surface area contributed by atoms with Crippen molar-refractivity contribution in [3.63, 3.8) is 0 Å². The summed E-state index contributed by atoms with van der Waals surface area (Å²) in [5.41, 5.74) is 1.42. The maximum Gasteiger partial charge on any atom is 0.121 e. The molecule has 3 rings (SSSR count). The standard InChI is InChI=1S/C16H12ClNO/c17-14-7-5-11(6-8-14)16(19)15-9-12-3-1-2-4-13(12)10-18-15/h1-10,16,19H. The average Bonchev–Trinajstić information content (AvgIpc) is 2.47. The summed E-state index contributed by atoms with van der Waals surface area (Å²) in [6.07, 6.45) is 1.05. The molecular formula is C16H12ClNO. The van der Waals surface area contributed by atoms with Gasteiger partial charge in [-0.1, -0.05) is 48.0 Å². The maximum atomic E-state index is 10.3. The van der Waals surface area contributed by atoms with Gasteiger partial charge in [-0.05, 0) is 29.1 Å². The number of nitrogens with zero attached hydrogens (tertiary/aromatic N) is 1. The molecule has 0 fully saturated rings. The lowest BCUT2D eigenvalue weighted by Gasteiger charge is -2.11. The number of hydrogen-bond acceptors (Lipinski definition) is 2. The van der Waals surface area contributed by atoms with E-state index in [2.05, 4.69) is 4.98 Å². The molecule has 1 atom stereocenters. The van der Waals surface area contributed by atoms with Crippen molar-refractivity contribution in [2.75, 3.05) is 0 Å². The maximum absolute atomic E-state index is 10.3. The number of benzene rings is 2. The third kappa shape index (κ3) is 2.46. The second kappa shape index (κ2) is 5.00. The molecule has 1 N–H and O–H groups in total. The smallest absolute Gasteiger partial charge is 0.121 e.